The van der Waals surface area contributed by atoms with Crippen LogP contribution in [0.3, 0.4) is 0 Å². The van der Waals surface area contributed by atoms with E-state index in [-0.39, 0.29) is 10.8 Å². The first-order valence-electron chi connectivity index (χ1n) is 7.42. The molecule has 2 N–H and O–H groups in total. The zero-order chi connectivity index (χ0) is 17.4. The number of fused-ring (bicyclic) bond motifs is 1. The molecule has 0 atom stereocenters. The fourth-order valence-corrected chi connectivity index (χ4v) is 3.48. The molecule has 0 bridgehead atoms. The molecule has 0 aliphatic heterocycles. The SMILES string of the molecule is Oc1cccc(Cc2cnc3sc(Nc4cccc(F)c4Cl)nn23)c1. The molecule has 2 aromatic heterocycles. The molecule has 25 heavy (non-hydrogen) atoms. The summed E-state index contributed by atoms with van der Waals surface area (Å²) in [5, 5.41) is 17.7. The molecule has 4 aromatic rings. The number of imidazole rings is 1. The van der Waals surface area contributed by atoms with Gasteiger partial charge in [0.05, 0.1) is 22.6 Å². The van der Waals surface area contributed by atoms with Gasteiger partial charge in [-0.25, -0.2) is 13.9 Å². The predicted octanol–water partition coefficient (Wildman–Crippen LogP) is 4.62. The van der Waals surface area contributed by atoms with E-state index in [2.05, 4.69) is 15.4 Å². The Morgan fingerprint density at radius 2 is 2.08 bits per heavy atom. The number of nitrogens with one attached hydrogen (secondary N) is 1. The highest BCUT2D eigenvalue weighted by atomic mass is 35.5. The summed E-state index contributed by atoms with van der Waals surface area (Å²) in [6.07, 6.45) is 2.33. The van der Waals surface area contributed by atoms with Gasteiger partial charge in [-0.3, -0.25) is 0 Å². The molecular formula is C17H12ClFN4OS. The summed E-state index contributed by atoms with van der Waals surface area (Å²) in [7, 11) is 0. The minimum Gasteiger partial charge on any atom is -0.508 e. The first kappa shape index (κ1) is 15.9. The second kappa shape index (κ2) is 6.34. The van der Waals surface area contributed by atoms with Crippen LogP contribution < -0.4 is 5.32 Å². The highest BCUT2D eigenvalue weighted by Gasteiger charge is 2.13. The van der Waals surface area contributed by atoms with E-state index >= 15 is 0 Å². The number of anilines is 2. The number of aromatic nitrogens is 3. The number of phenols is 1. The highest BCUT2D eigenvalue weighted by molar-refractivity contribution is 7.20. The van der Waals surface area contributed by atoms with Crippen LogP contribution in [0.25, 0.3) is 4.96 Å². The zero-order valence-corrected chi connectivity index (χ0v) is 14.4. The number of benzene rings is 2. The quantitative estimate of drug-likeness (QED) is 0.547. The number of nitrogens with zero attached hydrogens (tertiary/aromatic N) is 3. The summed E-state index contributed by atoms with van der Waals surface area (Å²) < 4.78 is 15.3. The lowest BCUT2D eigenvalue weighted by Crippen LogP contribution is -1.97. The highest BCUT2D eigenvalue weighted by Crippen LogP contribution is 2.30. The van der Waals surface area contributed by atoms with E-state index in [1.807, 2.05) is 6.07 Å². The number of hydrogen-bond acceptors (Lipinski definition) is 5. The Labute approximate surface area is 151 Å². The Bertz CT molecular complexity index is 1060. The molecule has 4 rings (SSSR count). The van der Waals surface area contributed by atoms with E-state index in [9.17, 15) is 9.50 Å². The number of hydrogen-bond donors (Lipinski definition) is 2. The van der Waals surface area contributed by atoms with Crippen molar-refractivity contribution in [2.45, 2.75) is 6.42 Å². The monoisotopic (exact) mass is 374 g/mol. The average Bonchev–Trinajstić information content (AvgIpc) is 3.13. The van der Waals surface area contributed by atoms with Crippen LogP contribution in [-0.4, -0.2) is 19.7 Å². The normalized spacial score (nSPS) is 11.1. The Morgan fingerprint density at radius 1 is 1.24 bits per heavy atom. The molecule has 0 amide bonds. The van der Waals surface area contributed by atoms with Crippen LogP contribution >= 0.6 is 22.9 Å². The topological polar surface area (TPSA) is 62.5 Å². The molecule has 2 heterocycles. The van der Waals surface area contributed by atoms with Crippen LogP contribution in [0.1, 0.15) is 11.3 Å². The first-order valence-corrected chi connectivity index (χ1v) is 8.62. The molecule has 5 nitrogen and oxygen atoms in total. The number of rotatable bonds is 4. The van der Waals surface area contributed by atoms with Crippen LogP contribution in [0.2, 0.25) is 5.02 Å². The van der Waals surface area contributed by atoms with Crippen molar-refractivity contribution < 1.29 is 9.50 Å². The Morgan fingerprint density at radius 3 is 2.92 bits per heavy atom. The molecule has 0 saturated carbocycles. The number of aromatic hydroxyl groups is 1. The van der Waals surface area contributed by atoms with Gasteiger partial charge in [0, 0.05) is 6.42 Å². The van der Waals surface area contributed by atoms with Gasteiger partial charge in [0.25, 0.3) is 0 Å². The number of phenolic OH excluding ortho intramolecular Hbond substituents is 1. The van der Waals surface area contributed by atoms with Gasteiger partial charge in [0.15, 0.2) is 0 Å². The second-order valence-corrected chi connectivity index (χ2v) is 6.76. The van der Waals surface area contributed by atoms with E-state index in [0.717, 1.165) is 11.3 Å². The molecule has 0 saturated heterocycles. The van der Waals surface area contributed by atoms with Crippen molar-refractivity contribution in [2.24, 2.45) is 0 Å². The van der Waals surface area contributed by atoms with Crippen molar-refractivity contribution in [3.05, 3.63) is 70.8 Å². The van der Waals surface area contributed by atoms with Crippen LogP contribution in [0.15, 0.2) is 48.7 Å². The van der Waals surface area contributed by atoms with E-state index in [0.29, 0.717) is 22.2 Å². The Hall–Kier alpha value is -2.64. The molecule has 0 aliphatic rings. The van der Waals surface area contributed by atoms with Gasteiger partial charge in [0.1, 0.15) is 11.6 Å². The van der Waals surface area contributed by atoms with Crippen molar-refractivity contribution in [2.75, 3.05) is 5.32 Å². The van der Waals surface area contributed by atoms with Crippen molar-refractivity contribution in [3.63, 3.8) is 0 Å². The molecule has 0 spiro atoms. The Balaban J connectivity index is 1.63. The lowest BCUT2D eigenvalue weighted by molar-refractivity contribution is 0.474. The van der Waals surface area contributed by atoms with Gasteiger partial charge >= 0.3 is 0 Å². The maximum absolute atomic E-state index is 13.5. The molecule has 0 unspecified atom stereocenters. The second-order valence-electron chi connectivity index (χ2n) is 5.42. The summed E-state index contributed by atoms with van der Waals surface area (Å²) >= 11 is 7.30. The van der Waals surface area contributed by atoms with Gasteiger partial charge in [0.2, 0.25) is 10.1 Å². The molecule has 2 aromatic carbocycles. The van der Waals surface area contributed by atoms with Crippen LogP contribution in [-0.2, 0) is 6.42 Å². The van der Waals surface area contributed by atoms with E-state index in [1.165, 1.54) is 17.4 Å². The van der Waals surface area contributed by atoms with E-state index in [1.54, 1.807) is 41.0 Å². The standard InChI is InChI=1S/C17H12ClFN4OS/c18-15-13(19)5-2-6-14(15)21-16-22-23-11(9-20-17(23)25-16)7-10-3-1-4-12(24)8-10/h1-6,8-9,24H,7H2,(H,21,22). The first-order chi connectivity index (χ1) is 12.1. The minimum absolute atomic E-state index is 0.0234. The molecule has 8 heteroatoms. The van der Waals surface area contributed by atoms with Gasteiger partial charge in [-0.05, 0) is 29.8 Å². The van der Waals surface area contributed by atoms with Crippen LogP contribution in [0.4, 0.5) is 15.2 Å². The maximum atomic E-state index is 13.5. The zero-order valence-electron chi connectivity index (χ0n) is 12.8. The average molecular weight is 375 g/mol. The van der Waals surface area contributed by atoms with Crippen molar-refractivity contribution >= 4 is 38.7 Å². The van der Waals surface area contributed by atoms with Crippen LogP contribution in [0, 0.1) is 5.82 Å². The summed E-state index contributed by atoms with van der Waals surface area (Å²) in [5.41, 5.74) is 2.29. The lowest BCUT2D eigenvalue weighted by atomic mass is 10.1. The molecule has 0 fully saturated rings. The van der Waals surface area contributed by atoms with E-state index in [4.69, 9.17) is 11.6 Å². The van der Waals surface area contributed by atoms with Crippen molar-refractivity contribution in [1.82, 2.24) is 14.6 Å². The third-order valence-corrected chi connectivity index (χ3v) is 4.87. The maximum Gasteiger partial charge on any atom is 0.214 e. The van der Waals surface area contributed by atoms with Gasteiger partial charge in [-0.1, -0.05) is 41.1 Å². The van der Waals surface area contributed by atoms with Gasteiger partial charge < -0.3 is 10.4 Å². The summed E-state index contributed by atoms with van der Waals surface area (Å²) in [6, 6.07) is 11.6. The fourth-order valence-electron chi connectivity index (χ4n) is 2.50. The fraction of sp³-hybridized carbons (Fsp3) is 0.0588. The molecule has 126 valence electrons. The summed E-state index contributed by atoms with van der Waals surface area (Å²) in [4.78, 5) is 5.06. The third kappa shape index (κ3) is 3.16. The third-order valence-electron chi connectivity index (χ3n) is 3.65. The smallest absolute Gasteiger partial charge is 0.214 e. The number of halogens is 2. The summed E-state index contributed by atoms with van der Waals surface area (Å²) in [6.45, 7) is 0. The van der Waals surface area contributed by atoms with Crippen molar-refractivity contribution in [1.29, 1.82) is 0 Å². The summed E-state index contributed by atoms with van der Waals surface area (Å²) in [5.74, 6) is -0.266. The van der Waals surface area contributed by atoms with Gasteiger partial charge in [-0.15, -0.1) is 5.10 Å². The Kier molecular flexibility index (Phi) is 4.03. The van der Waals surface area contributed by atoms with E-state index < -0.39 is 5.82 Å². The van der Waals surface area contributed by atoms with Crippen molar-refractivity contribution in [3.8, 4) is 5.75 Å². The lowest BCUT2D eigenvalue weighted by Gasteiger charge is -2.05. The van der Waals surface area contributed by atoms with Crippen LogP contribution in [0.5, 0.6) is 5.75 Å². The largest absolute Gasteiger partial charge is 0.508 e. The predicted molar refractivity (Wildman–Crippen MR) is 96.5 cm³/mol. The molecule has 0 aliphatic carbocycles. The van der Waals surface area contributed by atoms with Gasteiger partial charge in [-0.2, -0.15) is 0 Å². The molecule has 0 radical (unpaired) electrons. The minimum atomic E-state index is -0.488. The molecular weight excluding hydrogens is 363 g/mol.